The molecule has 0 aromatic carbocycles. The van der Waals surface area contributed by atoms with E-state index in [0.29, 0.717) is 18.1 Å². The van der Waals surface area contributed by atoms with Crippen molar-refractivity contribution in [3.63, 3.8) is 0 Å². The number of rotatable bonds is 6. The van der Waals surface area contributed by atoms with Crippen molar-refractivity contribution in [3.05, 3.63) is 29.7 Å². The van der Waals surface area contributed by atoms with Gasteiger partial charge in [0.05, 0.1) is 0 Å². The lowest BCUT2D eigenvalue weighted by molar-refractivity contribution is -0.122. The van der Waals surface area contributed by atoms with Gasteiger partial charge in [0.1, 0.15) is 5.78 Å². The summed E-state index contributed by atoms with van der Waals surface area (Å²) >= 11 is 5.59. The average Bonchev–Trinajstić information content (AvgIpc) is 2.50. The Kier molecular flexibility index (Phi) is 6.36. The SMILES string of the molecule is CC(CCC(=O)C1CCCC2=C1[CH]C=CC2)C(=S)CC(C)(C)C.[HH]. The molecule has 2 aliphatic rings. The molecule has 2 atom stereocenters. The molecule has 0 aromatic rings. The first-order chi connectivity index (χ1) is 10.8. The van der Waals surface area contributed by atoms with Crippen LogP contribution in [0.2, 0.25) is 0 Å². The Morgan fingerprint density at radius 3 is 2.87 bits per heavy atom. The quantitative estimate of drug-likeness (QED) is 0.532. The van der Waals surface area contributed by atoms with Crippen molar-refractivity contribution in [2.75, 3.05) is 0 Å². The van der Waals surface area contributed by atoms with E-state index in [9.17, 15) is 4.79 Å². The van der Waals surface area contributed by atoms with Crippen LogP contribution in [-0.2, 0) is 4.79 Å². The highest BCUT2D eigenvalue weighted by Crippen LogP contribution is 2.37. The summed E-state index contributed by atoms with van der Waals surface area (Å²) in [7, 11) is 0. The molecule has 0 N–H and O–H groups in total. The Labute approximate surface area is 149 Å². The van der Waals surface area contributed by atoms with Gasteiger partial charge >= 0.3 is 0 Å². The van der Waals surface area contributed by atoms with Crippen LogP contribution in [0.1, 0.15) is 74.1 Å². The smallest absolute Gasteiger partial charge is 0.140 e. The second-order valence-electron chi connectivity index (χ2n) is 8.41. The molecule has 2 aliphatic carbocycles. The Morgan fingerprint density at radius 2 is 2.17 bits per heavy atom. The Morgan fingerprint density at radius 1 is 1.43 bits per heavy atom. The molecular weight excluding hydrogens is 300 g/mol. The molecule has 23 heavy (non-hydrogen) atoms. The highest BCUT2D eigenvalue weighted by atomic mass is 32.1. The lowest BCUT2D eigenvalue weighted by Gasteiger charge is -2.29. The molecular formula is C21H33OS. The average molecular weight is 334 g/mol. The van der Waals surface area contributed by atoms with Crippen LogP contribution in [0.5, 0.6) is 0 Å². The molecule has 0 aromatic heterocycles. The van der Waals surface area contributed by atoms with Crippen LogP contribution in [-0.4, -0.2) is 10.6 Å². The van der Waals surface area contributed by atoms with Gasteiger partial charge in [-0.05, 0) is 54.7 Å². The maximum Gasteiger partial charge on any atom is 0.140 e. The third-order valence-corrected chi connectivity index (χ3v) is 5.54. The maximum atomic E-state index is 12.7. The van der Waals surface area contributed by atoms with E-state index in [1.54, 1.807) is 0 Å². The summed E-state index contributed by atoms with van der Waals surface area (Å²) in [5, 5.41) is 0. The predicted molar refractivity (Wildman–Crippen MR) is 105 cm³/mol. The van der Waals surface area contributed by atoms with E-state index in [1.807, 2.05) is 0 Å². The summed E-state index contributed by atoms with van der Waals surface area (Å²) in [5.41, 5.74) is 3.06. The second kappa shape index (κ2) is 7.88. The number of thiocarbonyl (C=S) groups is 1. The van der Waals surface area contributed by atoms with E-state index in [-0.39, 0.29) is 12.8 Å². The van der Waals surface area contributed by atoms with E-state index in [1.165, 1.54) is 17.6 Å². The monoisotopic (exact) mass is 333 g/mol. The summed E-state index contributed by atoms with van der Waals surface area (Å²) in [6.07, 6.45) is 13.5. The van der Waals surface area contributed by atoms with Gasteiger partial charge in [0.2, 0.25) is 0 Å². The van der Waals surface area contributed by atoms with E-state index in [0.717, 1.165) is 37.0 Å². The number of hydrogen-bond donors (Lipinski definition) is 0. The minimum atomic E-state index is 0. The van der Waals surface area contributed by atoms with Crippen LogP contribution in [0.25, 0.3) is 0 Å². The number of carbonyl (C=O) groups is 1. The highest BCUT2D eigenvalue weighted by molar-refractivity contribution is 7.80. The predicted octanol–water partition coefficient (Wildman–Crippen LogP) is 6.28. The third-order valence-electron chi connectivity index (χ3n) is 5.00. The number of ketones is 1. The van der Waals surface area contributed by atoms with E-state index in [4.69, 9.17) is 12.2 Å². The van der Waals surface area contributed by atoms with Crippen molar-refractivity contribution in [2.24, 2.45) is 17.3 Å². The van der Waals surface area contributed by atoms with Gasteiger partial charge < -0.3 is 0 Å². The molecule has 0 amide bonds. The summed E-state index contributed by atoms with van der Waals surface area (Å²) in [6, 6.07) is 0. The molecule has 0 heterocycles. The third kappa shape index (κ3) is 5.38. The molecule has 0 saturated carbocycles. The second-order valence-corrected chi connectivity index (χ2v) is 8.94. The first-order valence-corrected chi connectivity index (χ1v) is 9.46. The molecule has 0 fully saturated rings. The van der Waals surface area contributed by atoms with Crippen LogP contribution < -0.4 is 0 Å². The van der Waals surface area contributed by atoms with Crippen molar-refractivity contribution in [2.45, 2.75) is 72.6 Å². The summed E-state index contributed by atoms with van der Waals surface area (Å²) < 4.78 is 0. The molecule has 2 heteroatoms. The molecule has 0 saturated heterocycles. The van der Waals surface area contributed by atoms with Crippen molar-refractivity contribution in [1.82, 2.24) is 0 Å². The molecule has 2 unspecified atom stereocenters. The Bertz CT molecular complexity index is 524. The fraction of sp³-hybridized carbons (Fsp3) is 0.667. The molecule has 0 spiro atoms. The standard InChI is InChI=1S/C21H31OS.H2/c1-15(20(23)14-21(2,3)4)12-13-19(22)18-11-7-9-16-8-5-6-10-17(16)18;/h5-6,10,15,18H,7-9,11-14H2,1-4H3;1H. The normalized spacial score (nSPS) is 22.7. The van der Waals surface area contributed by atoms with Crippen LogP contribution in [0.3, 0.4) is 0 Å². The van der Waals surface area contributed by atoms with Crippen LogP contribution in [0.4, 0.5) is 0 Å². The number of carbonyl (C=O) groups excluding carboxylic acids is 1. The van der Waals surface area contributed by atoms with Crippen LogP contribution in [0.15, 0.2) is 23.3 Å². The summed E-state index contributed by atoms with van der Waals surface area (Å²) in [5.74, 6) is 0.932. The highest BCUT2D eigenvalue weighted by Gasteiger charge is 2.29. The van der Waals surface area contributed by atoms with Gasteiger partial charge in [-0.1, -0.05) is 63.2 Å². The first-order valence-electron chi connectivity index (χ1n) is 9.05. The van der Waals surface area contributed by atoms with E-state index < -0.39 is 0 Å². The minimum absolute atomic E-state index is 0. The molecule has 1 nitrogen and oxygen atoms in total. The number of allylic oxidation sites excluding steroid dienone is 4. The molecule has 1 radical (unpaired) electrons. The van der Waals surface area contributed by atoms with Crippen LogP contribution in [0, 0.1) is 23.7 Å². The van der Waals surface area contributed by atoms with Crippen molar-refractivity contribution >= 4 is 22.9 Å². The van der Waals surface area contributed by atoms with Gasteiger partial charge in [-0.2, -0.15) is 0 Å². The van der Waals surface area contributed by atoms with Crippen LogP contribution >= 0.6 is 12.2 Å². The van der Waals surface area contributed by atoms with Gasteiger partial charge in [-0.25, -0.2) is 0 Å². The summed E-state index contributed by atoms with van der Waals surface area (Å²) in [4.78, 5) is 13.9. The molecule has 2 rings (SSSR count). The van der Waals surface area contributed by atoms with Gasteiger partial charge in [-0.3, -0.25) is 4.79 Å². The molecule has 129 valence electrons. The lowest BCUT2D eigenvalue weighted by atomic mass is 9.75. The van der Waals surface area contributed by atoms with Crippen molar-refractivity contribution in [1.29, 1.82) is 0 Å². The zero-order valence-corrected chi connectivity index (χ0v) is 16.0. The first kappa shape index (κ1) is 18.6. The molecule has 0 aliphatic heterocycles. The van der Waals surface area contributed by atoms with E-state index >= 15 is 0 Å². The van der Waals surface area contributed by atoms with Crippen molar-refractivity contribution in [3.8, 4) is 0 Å². The zero-order chi connectivity index (χ0) is 17.0. The van der Waals surface area contributed by atoms with E-state index in [2.05, 4.69) is 46.3 Å². The zero-order valence-electron chi connectivity index (χ0n) is 15.2. The summed E-state index contributed by atoms with van der Waals surface area (Å²) in [6.45, 7) is 8.85. The Hall–Kier alpha value is -0.760. The van der Waals surface area contributed by atoms with Crippen molar-refractivity contribution < 1.29 is 6.22 Å². The number of Topliss-reactive ketones (excluding diaryl/α,β-unsaturated/α-hetero) is 1. The largest absolute Gasteiger partial charge is 0.299 e. The van der Waals surface area contributed by atoms with Gasteiger partial charge in [0, 0.05) is 20.2 Å². The van der Waals surface area contributed by atoms with Gasteiger partial charge in [0.15, 0.2) is 0 Å². The maximum absolute atomic E-state index is 12.7. The fourth-order valence-corrected chi connectivity index (χ4v) is 4.18. The molecule has 0 bridgehead atoms. The fourth-order valence-electron chi connectivity index (χ4n) is 3.63. The lowest BCUT2D eigenvalue weighted by Crippen LogP contribution is -2.24. The number of hydrogen-bond acceptors (Lipinski definition) is 2. The van der Waals surface area contributed by atoms with Gasteiger partial charge in [0.25, 0.3) is 0 Å². The van der Waals surface area contributed by atoms with Gasteiger partial charge in [-0.15, -0.1) is 0 Å². The topological polar surface area (TPSA) is 17.1 Å². The minimum Gasteiger partial charge on any atom is -0.299 e. The Balaban J connectivity index is 0.00000288.